The van der Waals surface area contributed by atoms with Gasteiger partial charge in [-0.3, -0.25) is 9.59 Å². The van der Waals surface area contributed by atoms with Crippen LogP contribution in [0.1, 0.15) is 37.5 Å². The zero-order valence-corrected chi connectivity index (χ0v) is 24.0. The normalized spacial score (nSPS) is 12.5. The molecule has 1 atom stereocenters. The molecule has 0 aromatic heterocycles. The van der Waals surface area contributed by atoms with Gasteiger partial charge in [-0.2, -0.15) is 12.7 Å². The molecule has 1 unspecified atom stereocenters. The fourth-order valence-electron chi connectivity index (χ4n) is 3.51. The summed E-state index contributed by atoms with van der Waals surface area (Å²) in [6.07, 6.45) is 0. The number of anilines is 1. The molecule has 0 saturated carbocycles. The topological polar surface area (TPSA) is 90.0 Å². The second-order valence-corrected chi connectivity index (χ2v) is 12.1. The minimum absolute atomic E-state index is 0.00975. The standard InChI is InChI=1S/C25H34Cl2N4O4S/c1-16(2)28-25(33)19(5)30(14-20-10-11-21(26)13-22(20)27)24(32)15-31(36(34,35)29(6)7)23-12-17(3)8-9-18(23)4/h8-13,16,19H,14-15H2,1-7H3,(H,28,33). The van der Waals surface area contributed by atoms with E-state index in [0.717, 1.165) is 14.2 Å². The predicted octanol–water partition coefficient (Wildman–Crippen LogP) is 4.16. The van der Waals surface area contributed by atoms with Crippen molar-refractivity contribution in [1.82, 2.24) is 14.5 Å². The average Bonchev–Trinajstić information content (AvgIpc) is 2.77. The van der Waals surface area contributed by atoms with Crippen molar-refractivity contribution in [3.63, 3.8) is 0 Å². The Morgan fingerprint density at radius 3 is 2.19 bits per heavy atom. The van der Waals surface area contributed by atoms with E-state index in [2.05, 4.69) is 5.32 Å². The zero-order valence-electron chi connectivity index (χ0n) is 21.7. The molecular formula is C25H34Cl2N4O4S. The van der Waals surface area contributed by atoms with Crippen LogP contribution in [0.4, 0.5) is 5.69 Å². The molecule has 0 fully saturated rings. The maximum absolute atomic E-state index is 13.8. The molecule has 0 spiro atoms. The summed E-state index contributed by atoms with van der Waals surface area (Å²) in [5.41, 5.74) is 2.50. The van der Waals surface area contributed by atoms with Crippen LogP contribution in [0.3, 0.4) is 0 Å². The minimum Gasteiger partial charge on any atom is -0.352 e. The molecule has 11 heteroatoms. The van der Waals surface area contributed by atoms with E-state index in [-0.39, 0.29) is 18.5 Å². The summed E-state index contributed by atoms with van der Waals surface area (Å²) in [6.45, 7) is 8.35. The predicted molar refractivity (Wildman–Crippen MR) is 146 cm³/mol. The van der Waals surface area contributed by atoms with Gasteiger partial charge in [0.25, 0.3) is 0 Å². The Hall–Kier alpha value is -2.33. The summed E-state index contributed by atoms with van der Waals surface area (Å²) in [4.78, 5) is 28.0. The Morgan fingerprint density at radius 1 is 1.00 bits per heavy atom. The fourth-order valence-corrected chi connectivity index (χ4v) is 5.09. The number of amides is 2. The minimum atomic E-state index is -4.04. The molecular weight excluding hydrogens is 523 g/mol. The lowest BCUT2D eigenvalue weighted by Crippen LogP contribution is -2.53. The molecule has 2 amide bonds. The van der Waals surface area contributed by atoms with Crippen LogP contribution >= 0.6 is 23.2 Å². The van der Waals surface area contributed by atoms with Crippen molar-refractivity contribution in [2.75, 3.05) is 24.9 Å². The van der Waals surface area contributed by atoms with E-state index in [9.17, 15) is 18.0 Å². The van der Waals surface area contributed by atoms with Crippen molar-refractivity contribution in [2.45, 2.75) is 53.2 Å². The largest absolute Gasteiger partial charge is 0.352 e. The molecule has 2 rings (SSSR count). The number of hydrogen-bond donors (Lipinski definition) is 1. The summed E-state index contributed by atoms with van der Waals surface area (Å²) < 4.78 is 28.8. The van der Waals surface area contributed by atoms with Gasteiger partial charge >= 0.3 is 10.2 Å². The van der Waals surface area contributed by atoms with Crippen molar-refractivity contribution in [3.05, 3.63) is 63.1 Å². The lowest BCUT2D eigenvalue weighted by Gasteiger charge is -2.33. The van der Waals surface area contributed by atoms with Gasteiger partial charge in [0.15, 0.2) is 0 Å². The van der Waals surface area contributed by atoms with Crippen molar-refractivity contribution in [2.24, 2.45) is 0 Å². The molecule has 0 saturated heterocycles. The maximum Gasteiger partial charge on any atom is 0.304 e. The Balaban J connectivity index is 2.54. The van der Waals surface area contributed by atoms with Gasteiger partial charge in [-0.1, -0.05) is 41.4 Å². The third-order valence-corrected chi connectivity index (χ3v) is 8.00. The first-order valence-electron chi connectivity index (χ1n) is 11.5. The molecule has 36 heavy (non-hydrogen) atoms. The van der Waals surface area contributed by atoms with Gasteiger partial charge in [-0.05, 0) is 69.5 Å². The van der Waals surface area contributed by atoms with Crippen LogP contribution in [0.15, 0.2) is 36.4 Å². The summed E-state index contributed by atoms with van der Waals surface area (Å²) in [6, 6.07) is 9.23. The summed E-state index contributed by atoms with van der Waals surface area (Å²) in [5.74, 6) is -0.920. The number of carbonyl (C=O) groups excluding carboxylic acids is 2. The van der Waals surface area contributed by atoms with Crippen LogP contribution in [0, 0.1) is 13.8 Å². The highest BCUT2D eigenvalue weighted by Crippen LogP contribution is 2.27. The Morgan fingerprint density at radius 2 is 1.64 bits per heavy atom. The molecule has 0 bridgehead atoms. The van der Waals surface area contributed by atoms with Crippen molar-refractivity contribution in [1.29, 1.82) is 0 Å². The van der Waals surface area contributed by atoms with Gasteiger partial charge in [0.2, 0.25) is 11.8 Å². The number of hydrogen-bond acceptors (Lipinski definition) is 4. The third-order valence-electron chi connectivity index (χ3n) is 5.61. The lowest BCUT2D eigenvalue weighted by molar-refractivity contribution is -0.139. The highest BCUT2D eigenvalue weighted by atomic mass is 35.5. The molecule has 0 heterocycles. The molecule has 1 N–H and O–H groups in total. The number of carbonyl (C=O) groups is 2. The molecule has 2 aromatic carbocycles. The van der Waals surface area contributed by atoms with Crippen LogP contribution in [-0.4, -0.2) is 62.2 Å². The van der Waals surface area contributed by atoms with Crippen molar-refractivity contribution in [3.8, 4) is 0 Å². The van der Waals surface area contributed by atoms with Crippen LogP contribution in [-0.2, 0) is 26.3 Å². The van der Waals surface area contributed by atoms with E-state index in [4.69, 9.17) is 23.2 Å². The van der Waals surface area contributed by atoms with E-state index in [1.165, 1.54) is 19.0 Å². The van der Waals surface area contributed by atoms with Gasteiger partial charge in [0.1, 0.15) is 12.6 Å². The number of halogens is 2. The first-order chi connectivity index (χ1) is 16.6. The molecule has 0 radical (unpaired) electrons. The monoisotopic (exact) mass is 556 g/mol. The van der Waals surface area contributed by atoms with Gasteiger partial charge < -0.3 is 10.2 Å². The summed E-state index contributed by atoms with van der Waals surface area (Å²) in [5, 5.41) is 3.58. The Labute approximate surface area is 224 Å². The van der Waals surface area contributed by atoms with E-state index in [0.29, 0.717) is 26.9 Å². The molecule has 2 aromatic rings. The molecule has 0 aliphatic carbocycles. The van der Waals surface area contributed by atoms with Crippen LogP contribution in [0.25, 0.3) is 0 Å². The molecule has 0 aliphatic heterocycles. The number of benzene rings is 2. The first kappa shape index (κ1) is 29.9. The fraction of sp³-hybridized carbons (Fsp3) is 0.440. The SMILES string of the molecule is Cc1ccc(C)c(N(CC(=O)N(Cc2ccc(Cl)cc2Cl)C(C)C(=O)NC(C)C)S(=O)(=O)N(C)C)c1. The van der Waals surface area contributed by atoms with Crippen molar-refractivity contribution >= 4 is 50.9 Å². The van der Waals surface area contributed by atoms with Crippen LogP contribution in [0.5, 0.6) is 0 Å². The number of nitrogens with zero attached hydrogens (tertiary/aromatic N) is 3. The summed E-state index contributed by atoms with van der Waals surface area (Å²) >= 11 is 12.4. The smallest absolute Gasteiger partial charge is 0.304 e. The van der Waals surface area contributed by atoms with E-state index in [1.54, 1.807) is 44.2 Å². The number of aryl methyl sites for hydroxylation is 2. The van der Waals surface area contributed by atoms with Crippen LogP contribution < -0.4 is 9.62 Å². The first-order valence-corrected chi connectivity index (χ1v) is 13.6. The van der Waals surface area contributed by atoms with Crippen LogP contribution in [0.2, 0.25) is 10.0 Å². The number of nitrogens with one attached hydrogen (secondary N) is 1. The highest BCUT2D eigenvalue weighted by molar-refractivity contribution is 7.90. The maximum atomic E-state index is 13.8. The van der Waals surface area contributed by atoms with Crippen molar-refractivity contribution < 1.29 is 18.0 Å². The van der Waals surface area contributed by atoms with Gasteiger partial charge in [-0.15, -0.1) is 0 Å². The zero-order chi connectivity index (χ0) is 27.4. The second kappa shape index (κ2) is 12.3. The average molecular weight is 558 g/mol. The van der Waals surface area contributed by atoms with E-state index >= 15 is 0 Å². The molecule has 8 nitrogen and oxygen atoms in total. The Bertz CT molecular complexity index is 1220. The number of rotatable bonds is 10. The third kappa shape index (κ3) is 7.35. The van der Waals surface area contributed by atoms with E-state index < -0.39 is 28.7 Å². The van der Waals surface area contributed by atoms with Gasteiger partial charge in [0, 0.05) is 36.7 Å². The van der Waals surface area contributed by atoms with Gasteiger partial charge in [0.05, 0.1) is 5.69 Å². The summed E-state index contributed by atoms with van der Waals surface area (Å²) in [7, 11) is -1.23. The molecule has 0 aliphatic rings. The second-order valence-electron chi connectivity index (χ2n) is 9.18. The quantitative estimate of drug-likeness (QED) is 0.475. The Kier molecular flexibility index (Phi) is 10.2. The van der Waals surface area contributed by atoms with Gasteiger partial charge in [-0.25, -0.2) is 4.31 Å². The highest BCUT2D eigenvalue weighted by Gasteiger charge is 2.33. The molecule has 198 valence electrons. The lowest BCUT2D eigenvalue weighted by atomic mass is 10.1. The van der Waals surface area contributed by atoms with E-state index in [1.807, 2.05) is 26.8 Å².